The normalized spacial score (nSPS) is 12.4. The molecule has 0 saturated heterocycles. The van der Waals surface area contributed by atoms with E-state index < -0.39 is 16.9 Å². The van der Waals surface area contributed by atoms with Gasteiger partial charge in [0.25, 0.3) is 5.78 Å². The number of aromatic nitrogens is 1. The zero-order valence-electron chi connectivity index (χ0n) is 9.19. The smallest absolute Gasteiger partial charge is 0.302 e. The molecule has 0 saturated carbocycles. The minimum atomic E-state index is -3.98. The van der Waals surface area contributed by atoms with Gasteiger partial charge in [-0.25, -0.2) is 0 Å². The van der Waals surface area contributed by atoms with Gasteiger partial charge in [0, 0.05) is 32.1 Å². The molecule has 0 spiro atoms. The van der Waals surface area contributed by atoms with Crippen LogP contribution in [0.25, 0.3) is 0 Å². The van der Waals surface area contributed by atoms with Crippen LogP contribution in [0.2, 0.25) is 0 Å². The van der Waals surface area contributed by atoms with E-state index in [0.29, 0.717) is 0 Å². The summed E-state index contributed by atoms with van der Waals surface area (Å²) in [7, 11) is 3.02. The molecule has 92 valence electrons. The number of pyridine rings is 1. The summed E-state index contributed by atoms with van der Waals surface area (Å²) >= 11 is 4.71. The minimum absolute atomic E-state index is 0.187. The second-order valence-corrected chi connectivity index (χ2v) is 3.84. The van der Waals surface area contributed by atoms with Gasteiger partial charge in [-0.2, -0.15) is 13.9 Å². The SMILES string of the molecule is CN(C)/N=C(/C(=O)C(F)(F)Cl)c1cccnc1. The van der Waals surface area contributed by atoms with Gasteiger partial charge in [0.1, 0.15) is 5.71 Å². The van der Waals surface area contributed by atoms with E-state index in [1.54, 1.807) is 0 Å². The molecule has 0 bridgehead atoms. The van der Waals surface area contributed by atoms with Gasteiger partial charge in [-0.3, -0.25) is 9.78 Å². The highest BCUT2D eigenvalue weighted by Gasteiger charge is 2.40. The Bertz CT molecular complexity index is 429. The van der Waals surface area contributed by atoms with E-state index in [4.69, 9.17) is 11.6 Å². The number of hydrazone groups is 1. The number of carbonyl (C=O) groups is 1. The molecule has 0 N–H and O–H groups in total. The highest BCUT2D eigenvalue weighted by Crippen LogP contribution is 2.22. The molecule has 0 fully saturated rings. The summed E-state index contributed by atoms with van der Waals surface area (Å²) in [5, 5.41) is 0.967. The van der Waals surface area contributed by atoms with Crippen molar-refractivity contribution in [3.05, 3.63) is 30.1 Å². The largest absolute Gasteiger partial charge is 0.386 e. The van der Waals surface area contributed by atoms with Gasteiger partial charge in [-0.1, -0.05) is 0 Å². The molecule has 0 atom stereocenters. The predicted molar refractivity (Wildman–Crippen MR) is 60.3 cm³/mol. The molecule has 1 heterocycles. The molecule has 7 heteroatoms. The lowest BCUT2D eigenvalue weighted by Gasteiger charge is -2.12. The number of ketones is 1. The van der Waals surface area contributed by atoms with Crippen molar-refractivity contribution in [1.29, 1.82) is 0 Å². The van der Waals surface area contributed by atoms with Crippen LogP contribution in [0.3, 0.4) is 0 Å². The van der Waals surface area contributed by atoms with E-state index >= 15 is 0 Å². The van der Waals surface area contributed by atoms with Gasteiger partial charge < -0.3 is 5.01 Å². The maximum absolute atomic E-state index is 12.8. The maximum Gasteiger partial charge on any atom is 0.386 e. The van der Waals surface area contributed by atoms with Gasteiger partial charge >= 0.3 is 5.38 Å². The highest BCUT2D eigenvalue weighted by molar-refractivity contribution is 6.55. The number of rotatable bonds is 4. The van der Waals surface area contributed by atoms with Crippen molar-refractivity contribution in [2.24, 2.45) is 5.10 Å². The number of halogens is 3. The fraction of sp³-hybridized carbons (Fsp3) is 0.300. The van der Waals surface area contributed by atoms with Crippen molar-refractivity contribution in [2.45, 2.75) is 5.38 Å². The molecule has 1 rings (SSSR count). The Kier molecular flexibility index (Phi) is 4.11. The van der Waals surface area contributed by atoms with Gasteiger partial charge in [-0.15, -0.1) is 0 Å². The molecule has 0 aliphatic rings. The van der Waals surface area contributed by atoms with Crippen LogP contribution in [-0.2, 0) is 4.79 Å². The summed E-state index contributed by atoms with van der Waals surface area (Å²) < 4.78 is 25.6. The first-order valence-corrected chi connectivity index (χ1v) is 4.98. The van der Waals surface area contributed by atoms with Crippen molar-refractivity contribution in [3.8, 4) is 0 Å². The number of carbonyl (C=O) groups excluding carboxylic acids is 1. The Hall–Kier alpha value is -1.56. The van der Waals surface area contributed by atoms with E-state index in [0.717, 1.165) is 0 Å². The van der Waals surface area contributed by atoms with Crippen LogP contribution >= 0.6 is 11.6 Å². The lowest BCUT2D eigenvalue weighted by atomic mass is 10.1. The van der Waals surface area contributed by atoms with Crippen molar-refractivity contribution in [1.82, 2.24) is 9.99 Å². The number of hydrogen-bond acceptors (Lipinski definition) is 4. The summed E-state index contributed by atoms with van der Waals surface area (Å²) in [5.41, 5.74) is -0.241. The van der Waals surface area contributed by atoms with Crippen molar-refractivity contribution >= 4 is 23.1 Å². The number of nitrogens with zero attached hydrogens (tertiary/aromatic N) is 3. The second kappa shape index (κ2) is 5.18. The standard InChI is InChI=1S/C10H10ClF2N3O/c1-16(2)15-8(9(17)10(11,12)13)7-4-3-5-14-6-7/h3-6H,1-2H3/b15-8+. The molecule has 0 aliphatic heterocycles. The van der Waals surface area contributed by atoms with Crippen LogP contribution in [0.1, 0.15) is 5.56 Å². The Morgan fingerprint density at radius 1 is 1.53 bits per heavy atom. The van der Waals surface area contributed by atoms with Crippen LogP contribution < -0.4 is 0 Å². The summed E-state index contributed by atoms with van der Waals surface area (Å²) in [4.78, 5) is 15.2. The number of alkyl halides is 3. The lowest BCUT2D eigenvalue weighted by molar-refractivity contribution is -0.126. The van der Waals surface area contributed by atoms with Gasteiger partial charge in [0.15, 0.2) is 0 Å². The molecule has 1 aromatic heterocycles. The van der Waals surface area contributed by atoms with Crippen molar-refractivity contribution in [2.75, 3.05) is 14.1 Å². The third-order valence-corrected chi connectivity index (χ3v) is 1.88. The Morgan fingerprint density at radius 3 is 2.59 bits per heavy atom. The molecular formula is C10H10ClF2N3O. The summed E-state index contributed by atoms with van der Waals surface area (Å²) in [5.74, 6) is -1.55. The molecule has 4 nitrogen and oxygen atoms in total. The first kappa shape index (κ1) is 13.5. The fourth-order valence-electron chi connectivity index (χ4n) is 1.07. The summed E-state index contributed by atoms with van der Waals surface area (Å²) in [6, 6.07) is 2.97. The van der Waals surface area contributed by atoms with Gasteiger partial charge in [0.2, 0.25) is 0 Å². The quantitative estimate of drug-likeness (QED) is 0.471. The second-order valence-electron chi connectivity index (χ2n) is 3.36. The highest BCUT2D eigenvalue weighted by atomic mass is 35.5. The first-order chi connectivity index (χ1) is 7.82. The zero-order valence-corrected chi connectivity index (χ0v) is 9.95. The number of hydrogen-bond donors (Lipinski definition) is 0. The van der Waals surface area contributed by atoms with E-state index in [9.17, 15) is 13.6 Å². The van der Waals surface area contributed by atoms with Crippen LogP contribution in [-0.4, -0.2) is 41.0 Å². The first-order valence-electron chi connectivity index (χ1n) is 4.60. The van der Waals surface area contributed by atoms with Crippen molar-refractivity contribution in [3.63, 3.8) is 0 Å². The zero-order chi connectivity index (χ0) is 13.1. The molecule has 0 aliphatic carbocycles. The fourth-order valence-corrected chi connectivity index (χ4v) is 1.16. The molecule has 0 amide bonds. The third kappa shape index (κ3) is 3.74. The molecule has 0 unspecified atom stereocenters. The molecular weight excluding hydrogens is 252 g/mol. The Morgan fingerprint density at radius 2 is 2.18 bits per heavy atom. The van der Waals surface area contributed by atoms with Gasteiger partial charge in [-0.05, 0) is 23.7 Å². The van der Waals surface area contributed by atoms with Gasteiger partial charge in [0.05, 0.1) is 0 Å². The van der Waals surface area contributed by atoms with Crippen molar-refractivity contribution < 1.29 is 13.6 Å². The predicted octanol–water partition coefficient (Wildman–Crippen LogP) is 1.75. The maximum atomic E-state index is 12.8. The van der Waals surface area contributed by atoms with Crippen LogP contribution in [0.4, 0.5) is 8.78 Å². The topological polar surface area (TPSA) is 45.6 Å². The average molecular weight is 262 g/mol. The lowest BCUT2D eigenvalue weighted by Crippen LogP contribution is -2.32. The molecule has 1 aromatic rings. The van der Waals surface area contributed by atoms with E-state index in [1.807, 2.05) is 0 Å². The van der Waals surface area contributed by atoms with E-state index in [-0.39, 0.29) is 5.56 Å². The third-order valence-electron chi connectivity index (χ3n) is 1.71. The number of Topliss-reactive ketones (excluding diaryl/α,β-unsaturated/α-hetero) is 1. The van der Waals surface area contributed by atoms with Crippen LogP contribution in [0.15, 0.2) is 29.6 Å². The van der Waals surface area contributed by atoms with Crippen LogP contribution in [0.5, 0.6) is 0 Å². The molecule has 17 heavy (non-hydrogen) atoms. The Labute approximate surface area is 102 Å². The monoisotopic (exact) mass is 261 g/mol. The average Bonchev–Trinajstić information content (AvgIpc) is 2.24. The molecule has 0 radical (unpaired) electrons. The van der Waals surface area contributed by atoms with E-state index in [1.165, 1.54) is 43.6 Å². The molecule has 0 aromatic carbocycles. The van der Waals surface area contributed by atoms with E-state index in [2.05, 4.69) is 10.1 Å². The van der Waals surface area contributed by atoms with Crippen LogP contribution in [0, 0.1) is 0 Å². The minimum Gasteiger partial charge on any atom is -0.302 e. The Balaban J connectivity index is 3.20. The summed E-state index contributed by atoms with van der Waals surface area (Å²) in [6.07, 6.45) is 2.73. The summed E-state index contributed by atoms with van der Waals surface area (Å²) in [6.45, 7) is 0.